The SMILES string of the molecule is COc1ccc(Cl)cc1Nc1ccc(NC(=O)Cc2ccc(C)cc2)nc1. The van der Waals surface area contributed by atoms with E-state index in [0.29, 0.717) is 23.0 Å². The van der Waals surface area contributed by atoms with Gasteiger partial charge in [-0.3, -0.25) is 4.79 Å². The van der Waals surface area contributed by atoms with E-state index in [0.717, 1.165) is 16.9 Å². The van der Waals surface area contributed by atoms with Gasteiger partial charge in [0.25, 0.3) is 0 Å². The number of hydrogen-bond acceptors (Lipinski definition) is 4. The van der Waals surface area contributed by atoms with E-state index in [1.54, 1.807) is 37.6 Å². The highest BCUT2D eigenvalue weighted by Crippen LogP contribution is 2.30. The summed E-state index contributed by atoms with van der Waals surface area (Å²) in [6.45, 7) is 2.02. The zero-order valence-electron chi connectivity index (χ0n) is 15.1. The molecule has 3 aromatic rings. The number of pyridine rings is 1. The first-order chi connectivity index (χ1) is 13.0. The summed E-state index contributed by atoms with van der Waals surface area (Å²) in [5.74, 6) is 1.06. The molecule has 3 rings (SSSR count). The average molecular weight is 382 g/mol. The van der Waals surface area contributed by atoms with Crippen molar-refractivity contribution in [3.63, 3.8) is 0 Å². The lowest BCUT2D eigenvalue weighted by atomic mass is 10.1. The number of nitrogens with one attached hydrogen (secondary N) is 2. The van der Waals surface area contributed by atoms with E-state index in [4.69, 9.17) is 16.3 Å². The van der Waals surface area contributed by atoms with E-state index >= 15 is 0 Å². The molecule has 27 heavy (non-hydrogen) atoms. The zero-order chi connectivity index (χ0) is 19.2. The van der Waals surface area contributed by atoms with E-state index in [1.165, 1.54) is 5.56 Å². The molecular weight excluding hydrogens is 362 g/mol. The Balaban J connectivity index is 1.62. The lowest BCUT2D eigenvalue weighted by molar-refractivity contribution is -0.115. The van der Waals surface area contributed by atoms with Crippen molar-refractivity contribution in [2.75, 3.05) is 17.7 Å². The second kappa shape index (κ2) is 8.56. The van der Waals surface area contributed by atoms with Crippen LogP contribution in [0.1, 0.15) is 11.1 Å². The predicted octanol–water partition coefficient (Wildman–Crippen LogP) is 4.98. The van der Waals surface area contributed by atoms with Crippen molar-refractivity contribution >= 4 is 34.7 Å². The van der Waals surface area contributed by atoms with Gasteiger partial charge < -0.3 is 15.4 Å². The van der Waals surface area contributed by atoms with Crippen LogP contribution < -0.4 is 15.4 Å². The van der Waals surface area contributed by atoms with Gasteiger partial charge in [-0.1, -0.05) is 41.4 Å². The second-order valence-corrected chi connectivity index (χ2v) is 6.55. The highest BCUT2D eigenvalue weighted by molar-refractivity contribution is 6.31. The number of halogens is 1. The number of carbonyl (C=O) groups is 1. The van der Waals surface area contributed by atoms with Gasteiger partial charge in [-0.25, -0.2) is 4.98 Å². The minimum atomic E-state index is -0.108. The Morgan fingerprint density at radius 1 is 1.11 bits per heavy atom. The van der Waals surface area contributed by atoms with Gasteiger partial charge in [-0.2, -0.15) is 0 Å². The van der Waals surface area contributed by atoms with Gasteiger partial charge in [0.05, 0.1) is 31.1 Å². The standard InChI is InChI=1S/C21H20ClN3O2/c1-14-3-5-15(6-4-14)11-21(26)25-20-10-8-17(13-23-20)24-18-12-16(22)7-9-19(18)27-2/h3-10,12-13,24H,11H2,1-2H3,(H,23,25,26). The summed E-state index contributed by atoms with van der Waals surface area (Å²) in [6.07, 6.45) is 1.95. The fraction of sp³-hybridized carbons (Fsp3) is 0.143. The summed E-state index contributed by atoms with van der Waals surface area (Å²) >= 11 is 6.04. The number of aryl methyl sites for hydroxylation is 1. The molecule has 0 bridgehead atoms. The van der Waals surface area contributed by atoms with Crippen LogP contribution in [-0.2, 0) is 11.2 Å². The number of nitrogens with zero attached hydrogens (tertiary/aromatic N) is 1. The first-order valence-electron chi connectivity index (χ1n) is 8.45. The predicted molar refractivity (Wildman–Crippen MR) is 109 cm³/mol. The number of anilines is 3. The highest BCUT2D eigenvalue weighted by Gasteiger charge is 2.07. The molecule has 0 aliphatic carbocycles. The summed E-state index contributed by atoms with van der Waals surface area (Å²) in [7, 11) is 1.60. The maximum absolute atomic E-state index is 12.2. The van der Waals surface area contributed by atoms with Crippen molar-refractivity contribution in [2.24, 2.45) is 0 Å². The number of methoxy groups -OCH3 is 1. The van der Waals surface area contributed by atoms with Crippen LogP contribution in [0.15, 0.2) is 60.8 Å². The Kier molecular flexibility index (Phi) is 5.94. The van der Waals surface area contributed by atoms with Gasteiger partial charge in [0.1, 0.15) is 11.6 Å². The van der Waals surface area contributed by atoms with E-state index in [2.05, 4.69) is 15.6 Å². The summed E-state index contributed by atoms with van der Waals surface area (Å²) in [6, 6.07) is 16.8. The molecule has 0 fully saturated rings. The molecule has 138 valence electrons. The number of aromatic nitrogens is 1. The zero-order valence-corrected chi connectivity index (χ0v) is 15.9. The molecule has 1 amide bonds. The van der Waals surface area contributed by atoms with Crippen LogP contribution in [0.5, 0.6) is 5.75 Å². The molecule has 0 aliphatic rings. The maximum atomic E-state index is 12.2. The maximum Gasteiger partial charge on any atom is 0.229 e. The fourth-order valence-corrected chi connectivity index (χ4v) is 2.73. The van der Waals surface area contributed by atoms with Gasteiger partial charge in [0, 0.05) is 5.02 Å². The summed E-state index contributed by atoms with van der Waals surface area (Å²) < 4.78 is 5.31. The quantitative estimate of drug-likeness (QED) is 0.632. The Bertz CT molecular complexity index is 925. The van der Waals surface area contributed by atoms with Crippen molar-refractivity contribution < 1.29 is 9.53 Å². The molecule has 0 radical (unpaired) electrons. The van der Waals surface area contributed by atoms with Gasteiger partial charge in [0.2, 0.25) is 5.91 Å². The molecular formula is C21H20ClN3O2. The highest BCUT2D eigenvalue weighted by atomic mass is 35.5. The second-order valence-electron chi connectivity index (χ2n) is 6.11. The van der Waals surface area contributed by atoms with Crippen LogP contribution in [0, 0.1) is 6.92 Å². The van der Waals surface area contributed by atoms with Gasteiger partial charge in [-0.05, 0) is 42.8 Å². The molecule has 1 heterocycles. The van der Waals surface area contributed by atoms with Crippen LogP contribution >= 0.6 is 11.6 Å². The van der Waals surface area contributed by atoms with Crippen LogP contribution in [0.25, 0.3) is 0 Å². The molecule has 1 aromatic heterocycles. The van der Waals surface area contributed by atoms with Crippen molar-refractivity contribution in [2.45, 2.75) is 13.3 Å². The van der Waals surface area contributed by atoms with Crippen molar-refractivity contribution in [1.82, 2.24) is 4.98 Å². The summed E-state index contributed by atoms with van der Waals surface area (Å²) in [4.78, 5) is 16.4. The minimum Gasteiger partial charge on any atom is -0.495 e. The van der Waals surface area contributed by atoms with Crippen LogP contribution in [0.2, 0.25) is 5.02 Å². The molecule has 0 unspecified atom stereocenters. The van der Waals surface area contributed by atoms with E-state index in [-0.39, 0.29) is 5.91 Å². The number of carbonyl (C=O) groups excluding carboxylic acids is 1. The van der Waals surface area contributed by atoms with Crippen molar-refractivity contribution in [1.29, 1.82) is 0 Å². The minimum absolute atomic E-state index is 0.108. The van der Waals surface area contributed by atoms with Gasteiger partial charge >= 0.3 is 0 Å². The average Bonchev–Trinajstić information content (AvgIpc) is 2.65. The molecule has 0 saturated carbocycles. The van der Waals surface area contributed by atoms with E-state index in [9.17, 15) is 4.79 Å². The molecule has 6 heteroatoms. The normalized spacial score (nSPS) is 10.3. The molecule has 0 atom stereocenters. The van der Waals surface area contributed by atoms with E-state index < -0.39 is 0 Å². The van der Waals surface area contributed by atoms with Crippen molar-refractivity contribution in [3.8, 4) is 5.75 Å². The third-order valence-corrected chi connectivity index (χ3v) is 4.19. The summed E-state index contributed by atoms with van der Waals surface area (Å²) in [5, 5.41) is 6.61. The number of amides is 1. The van der Waals surface area contributed by atoms with Crippen LogP contribution in [-0.4, -0.2) is 18.0 Å². The molecule has 2 N–H and O–H groups in total. The summed E-state index contributed by atoms with van der Waals surface area (Å²) in [5.41, 5.74) is 3.62. The first kappa shape index (κ1) is 18.7. The van der Waals surface area contributed by atoms with Crippen LogP contribution in [0.4, 0.5) is 17.2 Å². The number of rotatable bonds is 6. The molecule has 5 nitrogen and oxygen atoms in total. The monoisotopic (exact) mass is 381 g/mol. The largest absolute Gasteiger partial charge is 0.495 e. The third-order valence-electron chi connectivity index (χ3n) is 3.96. The van der Waals surface area contributed by atoms with E-state index in [1.807, 2.05) is 37.3 Å². The fourth-order valence-electron chi connectivity index (χ4n) is 2.55. The van der Waals surface area contributed by atoms with Gasteiger partial charge in [0.15, 0.2) is 0 Å². The Hall–Kier alpha value is -3.05. The topological polar surface area (TPSA) is 63.2 Å². The molecule has 2 aromatic carbocycles. The number of hydrogen-bond donors (Lipinski definition) is 2. The third kappa shape index (κ3) is 5.21. The molecule has 0 aliphatic heterocycles. The lowest BCUT2D eigenvalue weighted by Crippen LogP contribution is -2.15. The smallest absolute Gasteiger partial charge is 0.229 e. The molecule has 0 spiro atoms. The number of ether oxygens (including phenoxy) is 1. The Morgan fingerprint density at radius 3 is 2.56 bits per heavy atom. The Labute approximate surface area is 163 Å². The van der Waals surface area contributed by atoms with Crippen molar-refractivity contribution in [3.05, 3.63) is 76.9 Å². The van der Waals surface area contributed by atoms with Crippen LogP contribution in [0.3, 0.4) is 0 Å². The van der Waals surface area contributed by atoms with Gasteiger partial charge in [-0.15, -0.1) is 0 Å². The number of benzene rings is 2. The lowest BCUT2D eigenvalue weighted by Gasteiger charge is -2.12. The first-order valence-corrected chi connectivity index (χ1v) is 8.83. The Morgan fingerprint density at radius 2 is 1.89 bits per heavy atom. The molecule has 0 saturated heterocycles.